The summed E-state index contributed by atoms with van der Waals surface area (Å²) in [5.41, 5.74) is 1.65. The van der Waals surface area contributed by atoms with Crippen molar-refractivity contribution in [3.63, 3.8) is 0 Å². The zero-order chi connectivity index (χ0) is 22.7. The third-order valence-electron chi connectivity index (χ3n) is 5.89. The molecule has 2 atom stereocenters. The van der Waals surface area contributed by atoms with E-state index in [0.717, 1.165) is 30.7 Å². The summed E-state index contributed by atoms with van der Waals surface area (Å²) >= 11 is 12.5. The van der Waals surface area contributed by atoms with Gasteiger partial charge < -0.3 is 14.0 Å². The molecule has 0 bridgehead atoms. The first-order valence-corrected chi connectivity index (χ1v) is 11.4. The Morgan fingerprint density at radius 1 is 1.28 bits per heavy atom. The van der Waals surface area contributed by atoms with Gasteiger partial charge in [0.25, 0.3) is 5.69 Å². The number of carbonyl (C=O) groups excluding carboxylic acids is 1. The van der Waals surface area contributed by atoms with Gasteiger partial charge in [-0.15, -0.1) is 11.6 Å². The molecule has 0 spiro atoms. The molecule has 1 heterocycles. The Morgan fingerprint density at radius 3 is 2.69 bits per heavy atom. The number of nitro benzene ring substituents is 1. The van der Waals surface area contributed by atoms with E-state index in [1.165, 1.54) is 37.1 Å². The van der Waals surface area contributed by atoms with E-state index in [-0.39, 0.29) is 16.8 Å². The Morgan fingerprint density at radius 2 is 2.00 bits per heavy atom. The predicted octanol–water partition coefficient (Wildman–Crippen LogP) is 5.70. The summed E-state index contributed by atoms with van der Waals surface area (Å²) in [5, 5.41) is 11.1. The molecular formula is C22H23Cl2N3O5. The molecule has 32 heavy (non-hydrogen) atoms. The minimum atomic E-state index is -0.842. The van der Waals surface area contributed by atoms with Crippen LogP contribution in [0.25, 0.3) is 6.08 Å². The highest BCUT2D eigenvalue weighted by molar-refractivity contribution is 6.39. The molecule has 0 N–H and O–H groups in total. The van der Waals surface area contributed by atoms with E-state index in [0.29, 0.717) is 23.9 Å². The van der Waals surface area contributed by atoms with Gasteiger partial charge in [-0.1, -0.05) is 37.3 Å². The largest absolute Gasteiger partial charge is 0.514 e. The number of nitro groups is 1. The van der Waals surface area contributed by atoms with E-state index in [9.17, 15) is 14.9 Å². The molecule has 2 aliphatic carbocycles. The van der Waals surface area contributed by atoms with Gasteiger partial charge in [-0.3, -0.25) is 10.1 Å². The van der Waals surface area contributed by atoms with Crippen LogP contribution >= 0.6 is 23.2 Å². The van der Waals surface area contributed by atoms with Gasteiger partial charge in [-0.25, -0.2) is 9.78 Å². The van der Waals surface area contributed by atoms with Crippen molar-refractivity contribution in [1.29, 1.82) is 0 Å². The molecule has 2 aromatic rings. The average molecular weight is 480 g/mol. The number of allylic oxidation sites excluding steroid dienone is 1. The van der Waals surface area contributed by atoms with Crippen molar-refractivity contribution in [2.24, 2.45) is 5.92 Å². The number of nitrogens with zero attached hydrogens (tertiary/aromatic N) is 3. The summed E-state index contributed by atoms with van der Waals surface area (Å²) < 4.78 is 12.9. The van der Waals surface area contributed by atoms with Crippen LogP contribution in [0.4, 0.5) is 10.5 Å². The van der Waals surface area contributed by atoms with Crippen LogP contribution in [0.5, 0.6) is 5.75 Å². The van der Waals surface area contributed by atoms with Crippen molar-refractivity contribution >= 4 is 41.1 Å². The molecule has 0 saturated heterocycles. The lowest BCUT2D eigenvalue weighted by atomic mass is 9.99. The molecule has 1 aromatic heterocycles. The van der Waals surface area contributed by atoms with Crippen LogP contribution in [0.2, 0.25) is 0 Å². The number of carbonyl (C=O) groups is 1. The van der Waals surface area contributed by atoms with Crippen LogP contribution in [0.15, 0.2) is 35.6 Å². The topological polar surface area (TPSA) is 96.5 Å². The number of rotatable bonds is 7. The third-order valence-corrected chi connectivity index (χ3v) is 6.76. The standard InChI is InChI=1S/C22H23Cl2N3O5/c23-18-10-20-21(11-19(18)24)26(13-25-20)12-17(9-14-3-1-2-4-14)32-22(28)31-16-7-5-15(6-8-16)27(29)30/h5-8,11,13-14,17-18H,1-4,9-10,12H2/t17-,18?/m0/s1. The highest BCUT2D eigenvalue weighted by Crippen LogP contribution is 2.32. The second-order valence-corrected chi connectivity index (χ2v) is 9.12. The number of non-ortho nitro benzene ring substituents is 1. The Kier molecular flexibility index (Phi) is 7.01. The fraction of sp³-hybridized carbons (Fsp3) is 0.455. The van der Waals surface area contributed by atoms with Gasteiger partial charge in [0.05, 0.1) is 34.6 Å². The molecule has 2 aliphatic rings. The van der Waals surface area contributed by atoms with E-state index in [4.69, 9.17) is 32.7 Å². The van der Waals surface area contributed by atoms with E-state index < -0.39 is 17.2 Å². The SMILES string of the molecule is O=C(Oc1ccc([N+](=O)[O-])cc1)O[C@@H](CC1CCCC1)Cn1cnc2c1C=C(Cl)C(Cl)C2. The van der Waals surface area contributed by atoms with Crippen molar-refractivity contribution in [2.75, 3.05) is 0 Å². The molecule has 1 aromatic carbocycles. The van der Waals surface area contributed by atoms with E-state index in [2.05, 4.69) is 4.98 Å². The molecular weight excluding hydrogens is 457 g/mol. The normalized spacial score (nSPS) is 19.2. The molecule has 170 valence electrons. The number of hydrogen-bond donors (Lipinski definition) is 0. The maximum absolute atomic E-state index is 12.5. The van der Waals surface area contributed by atoms with Crippen molar-refractivity contribution < 1.29 is 19.2 Å². The van der Waals surface area contributed by atoms with E-state index in [1.807, 2.05) is 10.6 Å². The highest BCUT2D eigenvalue weighted by Gasteiger charge is 2.27. The van der Waals surface area contributed by atoms with Crippen LogP contribution in [-0.2, 0) is 17.7 Å². The van der Waals surface area contributed by atoms with E-state index in [1.54, 1.807) is 6.33 Å². The van der Waals surface area contributed by atoms with Gasteiger partial charge in [-0.05, 0) is 30.5 Å². The highest BCUT2D eigenvalue weighted by atomic mass is 35.5. The second kappa shape index (κ2) is 9.92. The zero-order valence-electron chi connectivity index (χ0n) is 17.3. The second-order valence-electron chi connectivity index (χ2n) is 8.16. The minimum Gasteiger partial charge on any atom is -0.429 e. The summed E-state index contributed by atoms with van der Waals surface area (Å²) in [7, 11) is 0. The Hall–Kier alpha value is -2.58. The lowest BCUT2D eigenvalue weighted by Crippen LogP contribution is -2.28. The Balaban J connectivity index is 1.45. The number of benzene rings is 1. The summed E-state index contributed by atoms with van der Waals surface area (Å²) in [4.78, 5) is 27.2. The lowest BCUT2D eigenvalue weighted by molar-refractivity contribution is -0.384. The predicted molar refractivity (Wildman–Crippen MR) is 120 cm³/mol. The van der Waals surface area contributed by atoms with Crippen molar-refractivity contribution in [1.82, 2.24) is 9.55 Å². The molecule has 0 radical (unpaired) electrons. The molecule has 8 nitrogen and oxygen atoms in total. The third kappa shape index (κ3) is 5.42. The first-order valence-electron chi connectivity index (χ1n) is 10.6. The summed E-state index contributed by atoms with van der Waals surface area (Å²) in [6, 6.07) is 5.28. The van der Waals surface area contributed by atoms with Crippen LogP contribution in [0, 0.1) is 16.0 Å². The van der Waals surface area contributed by atoms with E-state index >= 15 is 0 Å². The quantitative estimate of drug-likeness (QED) is 0.166. The smallest absolute Gasteiger partial charge is 0.429 e. The molecule has 10 heteroatoms. The maximum Gasteiger partial charge on any atom is 0.514 e. The average Bonchev–Trinajstić information content (AvgIpc) is 3.39. The summed E-state index contributed by atoms with van der Waals surface area (Å²) in [6.07, 6.45) is 8.12. The molecule has 0 amide bonds. The monoisotopic (exact) mass is 479 g/mol. The molecule has 1 saturated carbocycles. The van der Waals surface area contributed by atoms with Crippen LogP contribution in [-0.4, -0.2) is 32.1 Å². The number of alkyl halides is 1. The number of imidazole rings is 1. The number of hydrogen-bond acceptors (Lipinski definition) is 6. The van der Waals surface area contributed by atoms with Crippen LogP contribution in [0.3, 0.4) is 0 Å². The number of fused-ring (bicyclic) bond motifs is 1. The molecule has 4 rings (SSSR count). The summed E-state index contributed by atoms with van der Waals surface area (Å²) in [5.74, 6) is 0.668. The van der Waals surface area contributed by atoms with Crippen molar-refractivity contribution in [3.05, 3.63) is 57.1 Å². The van der Waals surface area contributed by atoms with Gasteiger partial charge >= 0.3 is 6.16 Å². The Bertz CT molecular complexity index is 1020. The van der Waals surface area contributed by atoms with Crippen molar-refractivity contribution in [2.45, 2.75) is 56.6 Å². The Labute approximate surface area is 195 Å². The summed E-state index contributed by atoms with van der Waals surface area (Å²) in [6.45, 7) is 0.418. The van der Waals surface area contributed by atoms with Crippen LogP contribution in [0.1, 0.15) is 43.5 Å². The molecule has 0 aliphatic heterocycles. The lowest BCUT2D eigenvalue weighted by Gasteiger charge is -2.23. The van der Waals surface area contributed by atoms with Gasteiger partial charge in [-0.2, -0.15) is 0 Å². The van der Waals surface area contributed by atoms with Gasteiger partial charge in [0.15, 0.2) is 0 Å². The van der Waals surface area contributed by atoms with Gasteiger partial charge in [0, 0.05) is 23.6 Å². The number of ether oxygens (including phenoxy) is 2. The first kappa shape index (κ1) is 22.6. The van der Waals surface area contributed by atoms with Crippen LogP contribution < -0.4 is 4.74 Å². The zero-order valence-corrected chi connectivity index (χ0v) is 18.8. The number of halogens is 2. The fourth-order valence-corrected chi connectivity index (χ4v) is 4.67. The first-order chi connectivity index (χ1) is 15.4. The van der Waals surface area contributed by atoms with Crippen molar-refractivity contribution in [3.8, 4) is 5.75 Å². The molecule has 1 fully saturated rings. The van der Waals surface area contributed by atoms with Gasteiger partial charge in [0.1, 0.15) is 11.9 Å². The van der Waals surface area contributed by atoms with Gasteiger partial charge in [0.2, 0.25) is 0 Å². The fourth-order valence-electron chi connectivity index (χ4n) is 4.28. The maximum atomic E-state index is 12.5. The minimum absolute atomic E-state index is 0.0828. The molecule has 1 unspecified atom stereocenters. The number of aromatic nitrogens is 2.